The minimum atomic E-state index is 0.531. The van der Waals surface area contributed by atoms with E-state index in [1.165, 1.54) is 59.3 Å². The molecule has 0 radical (unpaired) electrons. The Morgan fingerprint density at radius 2 is 1.18 bits per heavy atom. The number of aryl methyl sites for hydroxylation is 4. The van der Waals surface area contributed by atoms with E-state index >= 15 is 0 Å². The van der Waals surface area contributed by atoms with Crippen LogP contribution in [0, 0.1) is 13.8 Å². The van der Waals surface area contributed by atoms with Crippen molar-refractivity contribution >= 4 is 11.4 Å². The van der Waals surface area contributed by atoms with Gasteiger partial charge < -0.3 is 10.6 Å². The Hall–Kier alpha value is -1.96. The second kappa shape index (κ2) is 5.35. The molecule has 4 rings (SSSR count). The van der Waals surface area contributed by atoms with E-state index in [0.717, 1.165) is 0 Å². The van der Waals surface area contributed by atoms with Crippen molar-refractivity contribution in [2.45, 2.75) is 51.6 Å². The Balaban J connectivity index is 1.54. The standard InChI is InChI=1S/C20H24N2/c1-13-3-5-15-7-9-17(21-19(15)11-13)18-10-8-16-6-4-14(2)12-20(16)22-18/h3-6,11-12,17-18,21-22H,7-10H2,1-2H3/t17-,18-/m0/s1. The van der Waals surface area contributed by atoms with Crippen LogP contribution >= 0.6 is 0 Å². The van der Waals surface area contributed by atoms with E-state index in [4.69, 9.17) is 0 Å². The van der Waals surface area contributed by atoms with Crippen LogP contribution in [0.15, 0.2) is 36.4 Å². The van der Waals surface area contributed by atoms with Gasteiger partial charge in [0.25, 0.3) is 0 Å². The van der Waals surface area contributed by atoms with Gasteiger partial charge in [0.15, 0.2) is 0 Å². The summed E-state index contributed by atoms with van der Waals surface area (Å²) in [6.07, 6.45) is 4.81. The lowest BCUT2D eigenvalue weighted by atomic mass is 9.87. The molecule has 0 amide bonds. The number of hydrogen-bond acceptors (Lipinski definition) is 2. The fourth-order valence-corrected chi connectivity index (χ4v) is 3.85. The number of fused-ring (bicyclic) bond motifs is 2. The molecular weight excluding hydrogens is 268 g/mol. The maximum Gasteiger partial charge on any atom is 0.0466 e. The van der Waals surface area contributed by atoms with Crippen LogP contribution in [-0.2, 0) is 12.8 Å². The zero-order valence-electron chi connectivity index (χ0n) is 13.4. The van der Waals surface area contributed by atoms with Crippen LogP contribution in [0.2, 0.25) is 0 Å². The Bertz CT molecular complexity index is 643. The molecule has 2 heteroatoms. The highest BCUT2D eigenvalue weighted by Crippen LogP contribution is 2.32. The topological polar surface area (TPSA) is 24.1 Å². The van der Waals surface area contributed by atoms with Gasteiger partial charge in [-0.3, -0.25) is 0 Å². The average molecular weight is 292 g/mol. The van der Waals surface area contributed by atoms with Crippen molar-refractivity contribution in [3.05, 3.63) is 58.7 Å². The lowest BCUT2D eigenvalue weighted by Gasteiger charge is -2.37. The van der Waals surface area contributed by atoms with E-state index in [1.807, 2.05) is 0 Å². The quantitative estimate of drug-likeness (QED) is 0.811. The molecule has 0 saturated heterocycles. The van der Waals surface area contributed by atoms with Crippen LogP contribution in [0.3, 0.4) is 0 Å². The van der Waals surface area contributed by atoms with Gasteiger partial charge >= 0.3 is 0 Å². The second-order valence-corrected chi connectivity index (χ2v) is 6.90. The van der Waals surface area contributed by atoms with Gasteiger partial charge in [0.1, 0.15) is 0 Å². The third-order valence-corrected chi connectivity index (χ3v) is 5.15. The Kier molecular flexibility index (Phi) is 3.33. The van der Waals surface area contributed by atoms with E-state index in [-0.39, 0.29) is 0 Å². The molecule has 0 spiro atoms. The zero-order chi connectivity index (χ0) is 15.1. The van der Waals surface area contributed by atoms with Crippen LogP contribution < -0.4 is 10.6 Å². The van der Waals surface area contributed by atoms with E-state index < -0.39 is 0 Å². The highest BCUT2D eigenvalue weighted by Gasteiger charge is 2.28. The van der Waals surface area contributed by atoms with Gasteiger partial charge in [0.05, 0.1) is 0 Å². The number of benzene rings is 2. The highest BCUT2D eigenvalue weighted by molar-refractivity contribution is 5.59. The second-order valence-electron chi connectivity index (χ2n) is 6.90. The first-order valence-corrected chi connectivity index (χ1v) is 8.41. The maximum atomic E-state index is 3.79. The molecule has 0 bridgehead atoms. The summed E-state index contributed by atoms with van der Waals surface area (Å²) in [5, 5.41) is 7.58. The molecule has 0 aliphatic carbocycles. The molecule has 2 atom stereocenters. The van der Waals surface area contributed by atoms with Gasteiger partial charge in [-0.2, -0.15) is 0 Å². The summed E-state index contributed by atoms with van der Waals surface area (Å²) >= 11 is 0. The van der Waals surface area contributed by atoms with Crippen molar-refractivity contribution in [2.24, 2.45) is 0 Å². The molecule has 2 aliphatic heterocycles. The zero-order valence-corrected chi connectivity index (χ0v) is 13.4. The molecule has 2 aromatic carbocycles. The molecule has 2 aromatic rings. The van der Waals surface area contributed by atoms with Crippen molar-refractivity contribution in [1.82, 2.24) is 0 Å². The molecule has 2 N–H and O–H groups in total. The average Bonchev–Trinajstić information content (AvgIpc) is 2.53. The van der Waals surface area contributed by atoms with Crippen molar-refractivity contribution in [3.8, 4) is 0 Å². The minimum Gasteiger partial charge on any atom is -0.380 e. The van der Waals surface area contributed by atoms with E-state index in [1.54, 1.807) is 0 Å². The monoisotopic (exact) mass is 292 g/mol. The Labute approximate surface area is 132 Å². The van der Waals surface area contributed by atoms with E-state index in [0.29, 0.717) is 12.1 Å². The van der Waals surface area contributed by atoms with E-state index in [2.05, 4.69) is 60.9 Å². The van der Waals surface area contributed by atoms with Crippen LogP contribution in [0.5, 0.6) is 0 Å². The van der Waals surface area contributed by atoms with Gasteiger partial charge in [-0.15, -0.1) is 0 Å². The third-order valence-electron chi connectivity index (χ3n) is 5.15. The Morgan fingerprint density at radius 3 is 1.64 bits per heavy atom. The fraction of sp³-hybridized carbons (Fsp3) is 0.400. The normalized spacial score (nSPS) is 23.0. The molecule has 0 unspecified atom stereocenters. The summed E-state index contributed by atoms with van der Waals surface area (Å²) in [6, 6.07) is 14.6. The van der Waals surface area contributed by atoms with Gasteiger partial charge in [-0.05, 0) is 73.9 Å². The van der Waals surface area contributed by atoms with Crippen molar-refractivity contribution in [3.63, 3.8) is 0 Å². The predicted molar refractivity (Wildman–Crippen MR) is 93.8 cm³/mol. The van der Waals surface area contributed by atoms with Gasteiger partial charge in [0.2, 0.25) is 0 Å². The Morgan fingerprint density at radius 1 is 0.727 bits per heavy atom. The van der Waals surface area contributed by atoms with Gasteiger partial charge in [-0.1, -0.05) is 24.3 Å². The molecular formula is C20H24N2. The summed E-state index contributed by atoms with van der Waals surface area (Å²) in [7, 11) is 0. The van der Waals surface area contributed by atoms with Gasteiger partial charge in [0, 0.05) is 23.5 Å². The first-order chi connectivity index (χ1) is 10.7. The molecule has 114 valence electrons. The molecule has 2 nitrogen and oxygen atoms in total. The first-order valence-electron chi connectivity index (χ1n) is 8.41. The number of nitrogens with one attached hydrogen (secondary N) is 2. The minimum absolute atomic E-state index is 0.531. The molecule has 0 saturated carbocycles. The number of anilines is 2. The predicted octanol–water partition coefficient (Wildman–Crippen LogP) is 4.46. The maximum absolute atomic E-state index is 3.79. The summed E-state index contributed by atoms with van der Waals surface area (Å²) in [4.78, 5) is 0. The van der Waals surface area contributed by atoms with Gasteiger partial charge in [-0.25, -0.2) is 0 Å². The largest absolute Gasteiger partial charge is 0.380 e. The molecule has 2 aliphatic rings. The summed E-state index contributed by atoms with van der Waals surface area (Å²) in [5.74, 6) is 0. The molecule has 0 fully saturated rings. The van der Waals surface area contributed by atoms with Crippen LogP contribution in [0.1, 0.15) is 35.1 Å². The van der Waals surface area contributed by atoms with Crippen LogP contribution in [0.4, 0.5) is 11.4 Å². The highest BCUT2D eigenvalue weighted by atomic mass is 15.0. The fourth-order valence-electron chi connectivity index (χ4n) is 3.85. The lowest BCUT2D eigenvalue weighted by Crippen LogP contribution is -2.43. The van der Waals surface area contributed by atoms with Crippen LogP contribution in [-0.4, -0.2) is 12.1 Å². The molecule has 22 heavy (non-hydrogen) atoms. The first kappa shape index (κ1) is 13.7. The summed E-state index contributed by atoms with van der Waals surface area (Å²) in [6.45, 7) is 4.34. The number of rotatable bonds is 1. The summed E-state index contributed by atoms with van der Waals surface area (Å²) in [5.41, 5.74) is 8.29. The van der Waals surface area contributed by atoms with E-state index in [9.17, 15) is 0 Å². The van der Waals surface area contributed by atoms with Crippen molar-refractivity contribution in [2.75, 3.05) is 10.6 Å². The van der Waals surface area contributed by atoms with Crippen molar-refractivity contribution in [1.29, 1.82) is 0 Å². The molecule has 0 aromatic heterocycles. The third kappa shape index (κ3) is 2.47. The number of hydrogen-bond donors (Lipinski definition) is 2. The summed E-state index contributed by atoms with van der Waals surface area (Å²) < 4.78 is 0. The lowest BCUT2D eigenvalue weighted by molar-refractivity contribution is 0.501. The van der Waals surface area contributed by atoms with Crippen LogP contribution in [0.25, 0.3) is 0 Å². The molecule has 2 heterocycles. The van der Waals surface area contributed by atoms with Crippen molar-refractivity contribution < 1.29 is 0 Å². The SMILES string of the molecule is Cc1ccc2c(c1)N[C@H]([C@@H]1CCc3ccc(C)cc3N1)CC2. The smallest absolute Gasteiger partial charge is 0.0466 e.